The molecule has 2 atom stereocenters. The molecule has 1 N–H and O–H groups in total. The molecule has 1 saturated carbocycles. The highest BCUT2D eigenvalue weighted by molar-refractivity contribution is 6.31. The van der Waals surface area contributed by atoms with Crippen molar-refractivity contribution >= 4 is 29.3 Å². The van der Waals surface area contributed by atoms with Crippen LogP contribution in [-0.4, -0.2) is 59.7 Å². The van der Waals surface area contributed by atoms with Crippen molar-refractivity contribution in [1.82, 2.24) is 15.1 Å². The van der Waals surface area contributed by atoms with Crippen molar-refractivity contribution in [2.45, 2.75) is 76.3 Å². The fraction of sp³-hybridized carbons (Fsp3) is 0.516. The van der Waals surface area contributed by atoms with Gasteiger partial charge in [-0.05, 0) is 74.4 Å². The average molecular weight is 646 g/mol. The summed E-state index contributed by atoms with van der Waals surface area (Å²) >= 11 is 6.24. The van der Waals surface area contributed by atoms with Crippen LogP contribution in [0.1, 0.15) is 77.6 Å². The molecule has 0 bridgehead atoms. The molecular formula is C31H34ClF6N3O3. The van der Waals surface area contributed by atoms with Crippen LogP contribution in [0.5, 0.6) is 0 Å². The van der Waals surface area contributed by atoms with Gasteiger partial charge < -0.3 is 15.1 Å². The van der Waals surface area contributed by atoms with Crippen LogP contribution >= 0.6 is 11.6 Å². The second kappa shape index (κ2) is 13.0. The Bertz CT molecular complexity index is 1370. The van der Waals surface area contributed by atoms with Crippen LogP contribution in [0, 0.1) is 12.8 Å². The zero-order valence-electron chi connectivity index (χ0n) is 24.5. The Kier molecular flexibility index (Phi) is 9.92. The van der Waals surface area contributed by atoms with E-state index >= 15 is 0 Å². The predicted molar refractivity (Wildman–Crippen MR) is 152 cm³/mol. The van der Waals surface area contributed by atoms with E-state index in [0.29, 0.717) is 42.8 Å². The molecule has 0 aromatic heterocycles. The topological polar surface area (TPSA) is 69.7 Å². The molecule has 2 aromatic rings. The number of amides is 3. The number of benzene rings is 2. The minimum absolute atomic E-state index is 0.0101. The predicted octanol–water partition coefficient (Wildman–Crippen LogP) is 6.84. The van der Waals surface area contributed by atoms with Gasteiger partial charge in [-0.3, -0.25) is 14.4 Å². The monoisotopic (exact) mass is 645 g/mol. The van der Waals surface area contributed by atoms with E-state index in [1.165, 1.54) is 18.9 Å². The third-order valence-electron chi connectivity index (χ3n) is 8.63. The Morgan fingerprint density at radius 3 is 2.02 bits per heavy atom. The first-order chi connectivity index (χ1) is 20.5. The number of likely N-dealkylation sites (tertiary alicyclic amines) is 1. The van der Waals surface area contributed by atoms with Gasteiger partial charge in [-0.25, -0.2) is 0 Å². The fourth-order valence-corrected chi connectivity index (χ4v) is 6.41. The lowest BCUT2D eigenvalue weighted by atomic mass is 9.81. The van der Waals surface area contributed by atoms with E-state index in [1.807, 2.05) is 6.07 Å². The van der Waals surface area contributed by atoms with Gasteiger partial charge in [0.1, 0.15) is 0 Å². The van der Waals surface area contributed by atoms with Crippen molar-refractivity contribution in [2.24, 2.45) is 5.92 Å². The lowest BCUT2D eigenvalue weighted by molar-refractivity contribution is -0.143. The third-order valence-corrected chi connectivity index (χ3v) is 9.06. The fourth-order valence-electron chi connectivity index (χ4n) is 6.29. The first-order valence-corrected chi connectivity index (χ1v) is 14.7. The number of halogens is 7. The number of carbonyl (C=O) groups is 3. The maximum atomic E-state index is 13.6. The summed E-state index contributed by atoms with van der Waals surface area (Å²) in [5.41, 5.74) is -2.38. The average Bonchev–Trinajstić information content (AvgIpc) is 2.96. The van der Waals surface area contributed by atoms with Gasteiger partial charge in [-0.2, -0.15) is 26.3 Å². The Labute approximate surface area is 256 Å². The van der Waals surface area contributed by atoms with Gasteiger partial charge in [0.05, 0.1) is 11.1 Å². The lowest BCUT2D eigenvalue weighted by Gasteiger charge is -2.44. The van der Waals surface area contributed by atoms with Crippen LogP contribution in [0.15, 0.2) is 36.4 Å². The largest absolute Gasteiger partial charge is 0.416 e. The van der Waals surface area contributed by atoms with Crippen molar-refractivity contribution < 1.29 is 40.7 Å². The summed E-state index contributed by atoms with van der Waals surface area (Å²) in [6, 6.07) is 5.49. The molecule has 0 radical (unpaired) electrons. The number of piperidine rings is 1. The maximum absolute atomic E-state index is 13.6. The van der Waals surface area contributed by atoms with Crippen LogP contribution < -0.4 is 5.32 Å². The normalized spacial score (nSPS) is 22.8. The highest BCUT2D eigenvalue weighted by Crippen LogP contribution is 2.38. The summed E-state index contributed by atoms with van der Waals surface area (Å²) in [7, 11) is 1.36. The molecule has 240 valence electrons. The molecule has 1 heterocycles. The zero-order chi connectivity index (χ0) is 32.6. The third kappa shape index (κ3) is 7.68. The van der Waals surface area contributed by atoms with Crippen molar-refractivity contribution in [3.8, 4) is 0 Å². The van der Waals surface area contributed by atoms with Gasteiger partial charge in [0.25, 0.3) is 5.91 Å². The van der Waals surface area contributed by atoms with Crippen LogP contribution in [0.3, 0.4) is 0 Å². The first kappa shape index (κ1) is 33.6. The highest BCUT2D eigenvalue weighted by atomic mass is 35.5. The highest BCUT2D eigenvalue weighted by Gasteiger charge is 2.41. The molecule has 1 aliphatic heterocycles. The second-order valence-electron chi connectivity index (χ2n) is 11.7. The molecule has 2 aromatic carbocycles. The number of nitrogens with one attached hydrogen (secondary N) is 1. The number of carbonyl (C=O) groups excluding carboxylic acids is 3. The lowest BCUT2D eigenvalue weighted by Crippen LogP contribution is -2.53. The van der Waals surface area contributed by atoms with E-state index < -0.39 is 46.9 Å². The molecule has 0 unspecified atom stereocenters. The van der Waals surface area contributed by atoms with Crippen LogP contribution in [0.25, 0.3) is 0 Å². The Morgan fingerprint density at radius 1 is 0.909 bits per heavy atom. The Balaban J connectivity index is 1.61. The molecule has 1 aliphatic carbocycles. The molecule has 4 rings (SSSR count). The minimum atomic E-state index is -5.09. The van der Waals surface area contributed by atoms with Gasteiger partial charge in [0.15, 0.2) is 0 Å². The maximum Gasteiger partial charge on any atom is 0.416 e. The van der Waals surface area contributed by atoms with Crippen LogP contribution in [0.2, 0.25) is 5.02 Å². The molecule has 3 amide bonds. The van der Waals surface area contributed by atoms with Gasteiger partial charge in [0.2, 0.25) is 11.8 Å². The smallest absolute Gasteiger partial charge is 0.354 e. The van der Waals surface area contributed by atoms with Crippen molar-refractivity contribution in [3.63, 3.8) is 0 Å². The Hall–Kier alpha value is -3.28. The van der Waals surface area contributed by atoms with Crippen molar-refractivity contribution in [2.75, 3.05) is 20.1 Å². The number of hydrogen-bond donors (Lipinski definition) is 1. The molecule has 13 heteroatoms. The van der Waals surface area contributed by atoms with Crippen LogP contribution in [-0.2, 0) is 21.9 Å². The number of alkyl halides is 6. The number of likely N-dealkylation sites (N-methyl/N-ethyl adjacent to an activating group) is 1. The van der Waals surface area contributed by atoms with E-state index in [-0.39, 0.29) is 49.4 Å². The summed E-state index contributed by atoms with van der Waals surface area (Å²) in [5, 5.41) is 3.39. The number of aryl methyl sites for hydroxylation is 1. The van der Waals surface area contributed by atoms with E-state index in [9.17, 15) is 40.7 Å². The zero-order valence-corrected chi connectivity index (χ0v) is 25.2. The Morgan fingerprint density at radius 2 is 1.50 bits per heavy atom. The molecule has 0 spiro atoms. The summed E-state index contributed by atoms with van der Waals surface area (Å²) in [6.45, 7) is 3.69. The quantitative estimate of drug-likeness (QED) is 0.362. The number of rotatable bonds is 5. The number of hydrogen-bond acceptors (Lipinski definition) is 3. The van der Waals surface area contributed by atoms with Gasteiger partial charge in [-0.15, -0.1) is 0 Å². The summed E-state index contributed by atoms with van der Waals surface area (Å²) < 4.78 is 81.0. The number of nitrogens with zero attached hydrogens (tertiary/aromatic N) is 2. The van der Waals surface area contributed by atoms with Gasteiger partial charge in [0, 0.05) is 61.6 Å². The molecule has 6 nitrogen and oxygen atoms in total. The first-order valence-electron chi connectivity index (χ1n) is 14.3. The second-order valence-corrected chi connectivity index (χ2v) is 12.1. The summed E-state index contributed by atoms with van der Waals surface area (Å²) in [6.07, 6.45) is -7.39. The standard InChI is InChI=1S/C31H34ClF6N3O3/c1-17-12-20(6-9-26(17)32)25-16-41(29(44)19-4-7-24(8-5-19)39-18(2)42)11-10-27(25)40(3)28(43)21-13-22(30(33,34)35)15-23(14-21)31(36,37)38/h6,9,12-15,19,24-25,27H,4-5,7-8,10-11,16H2,1-3H3,(H,39,42)/t19?,24?,25-,27+/m0/s1. The molecule has 2 aliphatic rings. The molecular weight excluding hydrogens is 612 g/mol. The minimum Gasteiger partial charge on any atom is -0.354 e. The van der Waals surface area contributed by atoms with Gasteiger partial charge >= 0.3 is 12.4 Å². The van der Waals surface area contributed by atoms with Crippen molar-refractivity contribution in [3.05, 3.63) is 69.2 Å². The molecule has 1 saturated heterocycles. The molecule has 44 heavy (non-hydrogen) atoms. The summed E-state index contributed by atoms with van der Waals surface area (Å²) in [5.74, 6) is -1.89. The SMILES string of the molecule is CC(=O)NC1CCC(C(=O)N2CC[C@@H](N(C)C(=O)c3cc(C(F)(F)F)cc(C(F)(F)F)c3)[C@H](c3ccc(Cl)c(C)c3)C2)CC1. The molecule has 2 fully saturated rings. The summed E-state index contributed by atoms with van der Waals surface area (Å²) in [4.78, 5) is 41.4. The van der Waals surface area contributed by atoms with E-state index in [2.05, 4.69) is 5.32 Å². The van der Waals surface area contributed by atoms with E-state index in [4.69, 9.17) is 11.6 Å². The van der Waals surface area contributed by atoms with Crippen LogP contribution in [0.4, 0.5) is 26.3 Å². The van der Waals surface area contributed by atoms with E-state index in [1.54, 1.807) is 24.0 Å². The van der Waals surface area contributed by atoms with Gasteiger partial charge in [-0.1, -0.05) is 23.7 Å². The van der Waals surface area contributed by atoms with Crippen molar-refractivity contribution in [1.29, 1.82) is 0 Å². The van der Waals surface area contributed by atoms with E-state index in [0.717, 1.165) is 11.1 Å².